The molecule has 5 nitrogen and oxygen atoms in total. The highest BCUT2D eigenvalue weighted by Crippen LogP contribution is 2.45. The second kappa shape index (κ2) is 5.82. The Morgan fingerprint density at radius 1 is 1.36 bits per heavy atom. The average Bonchev–Trinajstić information content (AvgIpc) is 3.29. The maximum absolute atomic E-state index is 9.10. The smallest absolute Gasteiger partial charge is 0.171 e. The van der Waals surface area contributed by atoms with Gasteiger partial charge in [-0.05, 0) is 50.5 Å². The van der Waals surface area contributed by atoms with Crippen LogP contribution in [0.2, 0.25) is 0 Å². The quantitative estimate of drug-likeness (QED) is 0.920. The number of aryl methyl sites for hydroxylation is 1. The molecule has 2 N–H and O–H groups in total. The zero-order valence-corrected chi connectivity index (χ0v) is 13.0. The van der Waals surface area contributed by atoms with E-state index >= 15 is 0 Å². The normalized spacial score (nSPS) is 13.9. The second-order valence-electron chi connectivity index (χ2n) is 5.83. The summed E-state index contributed by atoms with van der Waals surface area (Å²) in [6.45, 7) is 5.20. The topological polar surface area (TPSA) is 76.9 Å². The Balaban J connectivity index is 1.97. The molecule has 0 spiro atoms. The first kappa shape index (κ1) is 14.6. The minimum Gasteiger partial charge on any atom is -0.453 e. The first-order chi connectivity index (χ1) is 10.6. The molecule has 0 atom stereocenters. The number of hydrogen-bond donors (Lipinski definition) is 1. The summed E-state index contributed by atoms with van der Waals surface area (Å²) in [4.78, 5) is 0. The Bertz CT molecular complexity index is 738. The first-order valence-electron chi connectivity index (χ1n) is 7.59. The molecule has 1 aromatic carbocycles. The summed E-state index contributed by atoms with van der Waals surface area (Å²) in [6.07, 6.45) is 2.32. The van der Waals surface area contributed by atoms with Gasteiger partial charge in [0.25, 0.3) is 0 Å². The molecule has 1 aliphatic rings. The minimum atomic E-state index is 0.493. The monoisotopic (exact) mass is 296 g/mol. The molecule has 22 heavy (non-hydrogen) atoms. The summed E-state index contributed by atoms with van der Waals surface area (Å²) in [6, 6.07) is 7.72. The van der Waals surface area contributed by atoms with Crippen LogP contribution in [0.1, 0.15) is 41.3 Å². The molecule has 5 heteroatoms. The van der Waals surface area contributed by atoms with Crippen LogP contribution in [-0.4, -0.2) is 16.3 Å². The summed E-state index contributed by atoms with van der Waals surface area (Å²) >= 11 is 0. The van der Waals surface area contributed by atoms with E-state index in [0.29, 0.717) is 30.3 Å². The summed E-state index contributed by atoms with van der Waals surface area (Å²) < 4.78 is 8.04. The molecule has 1 aromatic heterocycles. The van der Waals surface area contributed by atoms with Crippen LogP contribution in [0.3, 0.4) is 0 Å². The number of benzene rings is 1. The van der Waals surface area contributed by atoms with E-state index < -0.39 is 0 Å². The van der Waals surface area contributed by atoms with E-state index in [2.05, 4.69) is 11.2 Å². The maximum atomic E-state index is 9.10. The van der Waals surface area contributed by atoms with E-state index in [1.54, 1.807) is 6.07 Å². The van der Waals surface area contributed by atoms with Crippen LogP contribution >= 0.6 is 0 Å². The van der Waals surface area contributed by atoms with Crippen molar-refractivity contribution < 1.29 is 4.74 Å². The summed E-state index contributed by atoms with van der Waals surface area (Å²) in [5.41, 5.74) is 9.28. The van der Waals surface area contributed by atoms with Gasteiger partial charge in [0.05, 0.1) is 23.9 Å². The van der Waals surface area contributed by atoms with Gasteiger partial charge in [0.2, 0.25) is 0 Å². The third kappa shape index (κ3) is 2.83. The third-order valence-corrected chi connectivity index (χ3v) is 3.88. The highest BCUT2D eigenvalue weighted by Gasteiger charge is 2.32. The lowest BCUT2D eigenvalue weighted by molar-refractivity contribution is 0.470. The Labute approximate surface area is 130 Å². The number of hydrogen-bond acceptors (Lipinski definition) is 4. The van der Waals surface area contributed by atoms with Crippen molar-refractivity contribution in [3.63, 3.8) is 0 Å². The van der Waals surface area contributed by atoms with Gasteiger partial charge in [-0.3, -0.25) is 4.68 Å². The van der Waals surface area contributed by atoms with E-state index in [1.165, 1.54) is 0 Å². The molecule has 1 heterocycles. The Kier molecular flexibility index (Phi) is 3.86. The lowest BCUT2D eigenvalue weighted by Gasteiger charge is -2.09. The second-order valence-corrected chi connectivity index (χ2v) is 5.83. The minimum absolute atomic E-state index is 0.493. The molecule has 0 amide bonds. The lowest BCUT2D eigenvalue weighted by Crippen LogP contribution is -2.12. The zero-order chi connectivity index (χ0) is 15.7. The van der Waals surface area contributed by atoms with Crippen LogP contribution in [0.15, 0.2) is 18.2 Å². The molecular formula is C17H20N4O. The zero-order valence-electron chi connectivity index (χ0n) is 13.0. The van der Waals surface area contributed by atoms with Crippen LogP contribution in [0.5, 0.6) is 11.5 Å². The van der Waals surface area contributed by atoms with Crippen molar-refractivity contribution in [3.8, 4) is 17.6 Å². The van der Waals surface area contributed by atoms with Crippen LogP contribution in [0.4, 0.5) is 0 Å². The van der Waals surface area contributed by atoms with Crippen LogP contribution in [-0.2, 0) is 6.54 Å². The Morgan fingerprint density at radius 2 is 2.14 bits per heavy atom. The molecule has 2 aromatic rings. The number of aromatic nitrogens is 2. The van der Waals surface area contributed by atoms with Crippen molar-refractivity contribution in [3.05, 3.63) is 40.7 Å². The van der Waals surface area contributed by atoms with E-state index in [9.17, 15) is 0 Å². The van der Waals surface area contributed by atoms with Crippen molar-refractivity contribution >= 4 is 0 Å². The predicted octanol–water partition coefficient (Wildman–Crippen LogP) is 3.00. The van der Waals surface area contributed by atoms with Crippen molar-refractivity contribution in [2.75, 3.05) is 6.54 Å². The highest BCUT2D eigenvalue weighted by molar-refractivity contribution is 5.45. The van der Waals surface area contributed by atoms with Gasteiger partial charge in [-0.1, -0.05) is 0 Å². The number of nitrogens with zero attached hydrogens (tertiary/aromatic N) is 3. The van der Waals surface area contributed by atoms with Gasteiger partial charge in [0.1, 0.15) is 11.4 Å². The van der Waals surface area contributed by atoms with Gasteiger partial charge in [-0.2, -0.15) is 10.4 Å². The van der Waals surface area contributed by atoms with Crippen LogP contribution in [0.25, 0.3) is 0 Å². The predicted molar refractivity (Wildman–Crippen MR) is 84.0 cm³/mol. The van der Waals surface area contributed by atoms with Crippen molar-refractivity contribution in [1.82, 2.24) is 9.78 Å². The average molecular weight is 296 g/mol. The van der Waals surface area contributed by atoms with E-state index in [0.717, 1.165) is 35.5 Å². The molecule has 1 saturated carbocycles. The van der Waals surface area contributed by atoms with Gasteiger partial charge in [0.15, 0.2) is 5.75 Å². The van der Waals surface area contributed by atoms with Crippen molar-refractivity contribution in [2.45, 2.75) is 39.2 Å². The van der Waals surface area contributed by atoms with Gasteiger partial charge in [-0.15, -0.1) is 0 Å². The van der Waals surface area contributed by atoms with Crippen molar-refractivity contribution in [1.29, 1.82) is 5.26 Å². The van der Waals surface area contributed by atoms with Crippen LogP contribution < -0.4 is 10.5 Å². The molecule has 3 rings (SSSR count). The Morgan fingerprint density at radius 3 is 2.77 bits per heavy atom. The fraction of sp³-hybridized carbons (Fsp3) is 0.412. The number of nitriles is 1. The van der Waals surface area contributed by atoms with E-state index in [1.807, 2.05) is 30.7 Å². The number of nitrogens with two attached hydrogens (primary N) is 1. The number of rotatable bonds is 5. The van der Waals surface area contributed by atoms with Gasteiger partial charge < -0.3 is 10.5 Å². The number of ether oxygens (including phenoxy) is 1. The molecule has 0 unspecified atom stereocenters. The third-order valence-electron chi connectivity index (χ3n) is 3.88. The first-order valence-corrected chi connectivity index (χ1v) is 7.59. The maximum Gasteiger partial charge on any atom is 0.171 e. The molecule has 1 fully saturated rings. The Hall–Kier alpha value is -2.32. The molecule has 0 bridgehead atoms. The fourth-order valence-electron chi connectivity index (χ4n) is 2.63. The van der Waals surface area contributed by atoms with E-state index in [-0.39, 0.29) is 0 Å². The molecular weight excluding hydrogens is 276 g/mol. The SMILES string of the molecule is Cc1cc(C#N)cc(Oc2c(C3CC3)nn(CCN)c2C)c1. The molecule has 1 aliphatic carbocycles. The summed E-state index contributed by atoms with van der Waals surface area (Å²) in [5.74, 6) is 2.01. The van der Waals surface area contributed by atoms with Gasteiger partial charge in [-0.25, -0.2) is 0 Å². The largest absolute Gasteiger partial charge is 0.453 e. The molecule has 0 aliphatic heterocycles. The highest BCUT2D eigenvalue weighted by atomic mass is 16.5. The lowest BCUT2D eigenvalue weighted by atomic mass is 10.1. The molecule has 0 radical (unpaired) electrons. The van der Waals surface area contributed by atoms with Crippen molar-refractivity contribution in [2.24, 2.45) is 5.73 Å². The molecule has 114 valence electrons. The summed E-state index contributed by atoms with van der Waals surface area (Å²) in [5, 5.41) is 13.8. The van der Waals surface area contributed by atoms with E-state index in [4.69, 9.17) is 15.7 Å². The standard InChI is InChI=1S/C17H20N4O/c1-11-7-13(10-19)9-15(8-11)22-17-12(2)21(6-5-18)20-16(17)14-3-4-14/h7-9,14H,3-6,18H2,1-2H3. The summed E-state index contributed by atoms with van der Waals surface area (Å²) in [7, 11) is 0. The van der Waals surface area contributed by atoms with Gasteiger partial charge >= 0.3 is 0 Å². The molecule has 0 saturated heterocycles. The van der Waals surface area contributed by atoms with Gasteiger partial charge in [0, 0.05) is 12.5 Å². The fourth-order valence-corrected chi connectivity index (χ4v) is 2.63. The van der Waals surface area contributed by atoms with Crippen LogP contribution in [0, 0.1) is 25.2 Å².